The third-order valence-electron chi connectivity index (χ3n) is 1.58. The van der Waals surface area contributed by atoms with Crippen molar-refractivity contribution in [1.29, 1.82) is 2.67 Å². The van der Waals surface area contributed by atoms with Crippen molar-refractivity contribution in [1.82, 2.24) is 0 Å². The maximum absolute atomic E-state index is 10.1. The fourth-order valence-electron chi connectivity index (χ4n) is 0.885. The van der Waals surface area contributed by atoms with E-state index in [1.165, 1.54) is 12.0 Å². The van der Waals surface area contributed by atoms with Crippen LogP contribution in [0.3, 0.4) is 0 Å². The minimum Gasteiger partial charge on any atom is -0.313 e. The molecule has 0 rings (SSSR count). The highest BCUT2D eigenvalue weighted by molar-refractivity contribution is 7.95. The number of carbonyl (C=O) groups excluding carboxylic acids is 1. The zero-order valence-electron chi connectivity index (χ0n) is 9.49. The van der Waals surface area contributed by atoms with E-state index in [1.54, 1.807) is 0 Å². The quantitative estimate of drug-likeness (QED) is 0.238. The molecule has 0 unspecified atom stereocenters. The molecule has 0 heterocycles. The van der Waals surface area contributed by atoms with Crippen LogP contribution in [-0.4, -0.2) is 28.5 Å². The molecular weight excluding hydrogens is 171 g/mol. The van der Waals surface area contributed by atoms with Crippen LogP contribution in [-0.2, 0) is 8.98 Å². The molecule has 0 aromatic heterocycles. The number of unbranched alkanes of at least 4 members (excludes halogenated alkanes) is 1. The standard InChI is InChI=1S/C8H17BO2S/c1-2-8(11-12-7-9)5-3-4-6-10/h6,8H,2-5,7,9H2,1H3/t8-/m0/s1/i9TD. The molecule has 0 saturated carbocycles. The predicted molar refractivity (Wildman–Crippen MR) is 56.1 cm³/mol. The van der Waals surface area contributed by atoms with E-state index in [0.717, 1.165) is 25.5 Å². The molecule has 1 atom stereocenters. The van der Waals surface area contributed by atoms with Crippen LogP contribution in [0, 0.1) is 0 Å². The molecule has 0 bridgehead atoms. The molecule has 2 nitrogen and oxygen atoms in total. The third kappa shape index (κ3) is 6.74. The van der Waals surface area contributed by atoms with Crippen molar-refractivity contribution < 1.29 is 8.98 Å². The van der Waals surface area contributed by atoms with Crippen LogP contribution in [0.2, 0.25) is 0 Å². The molecule has 4 heteroatoms. The Morgan fingerprint density at radius 3 is 3.42 bits per heavy atom. The molecule has 0 aromatic carbocycles. The van der Waals surface area contributed by atoms with Crippen LogP contribution in [0.4, 0.5) is 0 Å². The smallest absolute Gasteiger partial charge is 0.119 e. The van der Waals surface area contributed by atoms with Crippen LogP contribution in [0.15, 0.2) is 0 Å². The summed E-state index contributed by atoms with van der Waals surface area (Å²) in [5, 5.41) is 0. The van der Waals surface area contributed by atoms with E-state index in [4.69, 9.17) is 6.85 Å². The Balaban J connectivity index is 3.42. The summed E-state index contributed by atoms with van der Waals surface area (Å²) in [6.07, 6.45) is 4.30. The van der Waals surface area contributed by atoms with E-state index in [9.17, 15) is 4.79 Å². The number of aldehydes is 1. The number of rotatable bonds is 9. The Bertz CT molecular complexity index is 149. The van der Waals surface area contributed by atoms with Gasteiger partial charge >= 0.3 is 0 Å². The summed E-state index contributed by atoms with van der Waals surface area (Å²) < 4.78 is 19.3. The van der Waals surface area contributed by atoms with E-state index in [1.807, 2.05) is 6.92 Å². The minimum atomic E-state index is -0.826. The summed E-state index contributed by atoms with van der Waals surface area (Å²) in [5.41, 5.74) is 0.379. The van der Waals surface area contributed by atoms with Crippen molar-refractivity contribution in [2.45, 2.75) is 38.7 Å². The van der Waals surface area contributed by atoms with Crippen molar-refractivity contribution in [3.8, 4) is 0 Å². The Morgan fingerprint density at radius 1 is 2.00 bits per heavy atom. The summed E-state index contributed by atoms with van der Waals surface area (Å²) in [7, 11) is -0.826. The van der Waals surface area contributed by atoms with Gasteiger partial charge in [-0.05, 0) is 39.6 Å². The van der Waals surface area contributed by atoms with Crippen LogP contribution in [0.5, 0.6) is 0 Å². The molecule has 0 aliphatic heterocycles. The average Bonchev–Trinajstić information content (AvgIpc) is 2.15. The number of carbonyl (C=O) groups is 1. The average molecular weight is 191 g/mol. The first-order chi connectivity index (χ1) is 6.70. The van der Waals surface area contributed by atoms with Gasteiger partial charge in [0.05, 0.1) is 6.10 Å². The second-order valence-corrected chi connectivity index (χ2v) is 3.27. The van der Waals surface area contributed by atoms with Gasteiger partial charge < -0.3 is 8.98 Å². The predicted octanol–water partition coefficient (Wildman–Crippen LogP) is 1.39. The summed E-state index contributed by atoms with van der Waals surface area (Å²) >= 11 is 1.19. The van der Waals surface area contributed by atoms with Crippen molar-refractivity contribution in [2.75, 3.05) is 5.65 Å². The van der Waals surface area contributed by atoms with Crippen LogP contribution in [0.25, 0.3) is 0 Å². The number of hydrogen-bond acceptors (Lipinski definition) is 3. The summed E-state index contributed by atoms with van der Waals surface area (Å²) in [6, 6.07) is 0. The second kappa shape index (κ2) is 9.14. The highest BCUT2D eigenvalue weighted by Gasteiger charge is 2.05. The largest absolute Gasteiger partial charge is 0.313 e. The Morgan fingerprint density at radius 2 is 2.83 bits per heavy atom. The molecule has 70 valence electrons. The maximum Gasteiger partial charge on any atom is 0.119 e. The van der Waals surface area contributed by atoms with E-state index >= 15 is 0 Å². The lowest BCUT2D eigenvalue weighted by Gasteiger charge is -2.12. The highest BCUT2D eigenvalue weighted by Crippen LogP contribution is 2.14. The van der Waals surface area contributed by atoms with E-state index in [0.29, 0.717) is 12.1 Å². The van der Waals surface area contributed by atoms with Crippen molar-refractivity contribution in [2.24, 2.45) is 0 Å². The van der Waals surface area contributed by atoms with Crippen LogP contribution >= 0.6 is 12.0 Å². The van der Waals surface area contributed by atoms with Crippen LogP contribution < -0.4 is 0 Å². The molecule has 0 radical (unpaired) electrons. The minimum absolute atomic E-state index is 0.152. The molecule has 12 heavy (non-hydrogen) atoms. The maximum atomic E-state index is 10.1. The SMILES string of the molecule is [2H]B([3H])CSO[C@@H](CC)CCCC=O. The Hall–Kier alpha value is 0.0449. The lowest BCUT2D eigenvalue weighted by Crippen LogP contribution is -2.07. The Kier molecular flexibility index (Phi) is 6.57. The van der Waals surface area contributed by atoms with Gasteiger partial charge in [0.25, 0.3) is 0 Å². The molecule has 0 aromatic rings. The summed E-state index contributed by atoms with van der Waals surface area (Å²) in [5.74, 6) is 0. The van der Waals surface area contributed by atoms with Gasteiger partial charge in [-0.2, -0.15) is 0 Å². The molecule has 0 spiro atoms. The first-order valence-electron chi connectivity index (χ1n) is 5.42. The third-order valence-corrected chi connectivity index (χ3v) is 2.12. The summed E-state index contributed by atoms with van der Waals surface area (Å²) in [6.45, 7) is 2.03. The summed E-state index contributed by atoms with van der Waals surface area (Å²) in [4.78, 5) is 10.1. The van der Waals surface area contributed by atoms with Gasteiger partial charge in [0.1, 0.15) is 14.1 Å². The molecule has 0 N–H and O–H groups in total. The van der Waals surface area contributed by atoms with Gasteiger partial charge in [-0.25, -0.2) is 0 Å². The first-order valence-corrected chi connectivity index (χ1v) is 5.18. The van der Waals surface area contributed by atoms with E-state index in [2.05, 4.69) is 0 Å². The molecular formula is C8H17BO2S. The zero-order valence-corrected chi connectivity index (χ0v) is 8.31. The topological polar surface area (TPSA) is 26.3 Å². The van der Waals surface area contributed by atoms with Gasteiger partial charge in [-0.1, -0.05) is 6.92 Å². The van der Waals surface area contributed by atoms with Gasteiger partial charge in [0, 0.05) is 6.42 Å². The van der Waals surface area contributed by atoms with Crippen molar-refractivity contribution in [3.63, 3.8) is 0 Å². The van der Waals surface area contributed by atoms with Gasteiger partial charge in [0.2, 0.25) is 0 Å². The van der Waals surface area contributed by atoms with E-state index < -0.39 is 7.77 Å². The lowest BCUT2D eigenvalue weighted by molar-refractivity contribution is -0.108. The molecule has 0 aliphatic carbocycles. The number of hydrogen-bond donors (Lipinski definition) is 0. The highest BCUT2D eigenvalue weighted by atomic mass is 32.2. The van der Waals surface area contributed by atoms with Gasteiger partial charge in [0.15, 0.2) is 0 Å². The van der Waals surface area contributed by atoms with Crippen molar-refractivity contribution in [3.05, 3.63) is 0 Å². The lowest BCUT2D eigenvalue weighted by atomic mass is 10.1. The first kappa shape index (κ1) is 8.63. The fraction of sp³-hybridized carbons (Fsp3) is 0.875. The van der Waals surface area contributed by atoms with Gasteiger partial charge in [-0.15, -0.1) is 0 Å². The molecule has 0 saturated heterocycles. The fourth-order valence-corrected chi connectivity index (χ4v) is 1.39. The van der Waals surface area contributed by atoms with Gasteiger partial charge in [-0.3, -0.25) is 0 Å². The normalized spacial score (nSPS) is 14.8. The Labute approximate surface area is 82.8 Å². The zero-order chi connectivity index (χ0) is 10.8. The van der Waals surface area contributed by atoms with E-state index in [-0.39, 0.29) is 6.10 Å². The molecule has 0 amide bonds. The monoisotopic (exact) mass is 191 g/mol. The molecule has 0 aliphatic rings. The second-order valence-electron chi connectivity index (χ2n) is 2.51. The van der Waals surface area contributed by atoms with Crippen LogP contribution in [0.1, 0.15) is 32.6 Å². The van der Waals surface area contributed by atoms with Crippen molar-refractivity contribution >= 4 is 26.1 Å². The molecule has 0 fully saturated rings.